The van der Waals surface area contributed by atoms with E-state index in [1.54, 1.807) is 12.1 Å². The van der Waals surface area contributed by atoms with Crippen molar-refractivity contribution in [3.05, 3.63) is 66.7 Å². The fourth-order valence-electron chi connectivity index (χ4n) is 1.46. The first-order valence-electron chi connectivity index (χ1n) is 5.77. The summed E-state index contributed by atoms with van der Waals surface area (Å²) in [5, 5.41) is 21.6. The van der Waals surface area contributed by atoms with Crippen molar-refractivity contribution < 1.29 is 13.5 Å². The van der Waals surface area contributed by atoms with Gasteiger partial charge >= 0.3 is 0 Å². The van der Waals surface area contributed by atoms with Gasteiger partial charge in [0.2, 0.25) is 0 Å². The van der Waals surface area contributed by atoms with E-state index >= 15 is 0 Å². The predicted molar refractivity (Wildman–Crippen MR) is 89.0 cm³/mol. The molecule has 0 aromatic heterocycles. The molecule has 0 unspecified atom stereocenters. The molecule has 23 heavy (non-hydrogen) atoms. The Bertz CT molecular complexity index is 712. The molecule has 0 amide bonds. The zero-order valence-electron chi connectivity index (χ0n) is 11.0. The molecule has 0 heterocycles. The SMILES string of the molecule is O=[N+]([O-])c1cc(SOSc2ccc(Cl)c([N+](=O)[O-])c2)ccc1Cl. The van der Waals surface area contributed by atoms with Crippen LogP contribution in [-0.2, 0) is 3.63 Å². The Morgan fingerprint density at radius 1 is 0.826 bits per heavy atom. The second-order valence-electron chi connectivity index (χ2n) is 3.98. The molecule has 0 bridgehead atoms. The Balaban J connectivity index is 2.03. The zero-order valence-corrected chi connectivity index (χ0v) is 14.1. The van der Waals surface area contributed by atoms with Crippen LogP contribution in [0.15, 0.2) is 46.2 Å². The molecule has 0 aliphatic heterocycles. The minimum atomic E-state index is -0.595. The fourth-order valence-corrected chi connectivity index (χ4v) is 3.17. The molecule has 0 aliphatic rings. The van der Waals surface area contributed by atoms with Gasteiger partial charge in [-0.3, -0.25) is 20.2 Å². The standard InChI is InChI=1S/C12H6Cl2N2O5S2/c13-9-3-1-7(5-11(9)15(17)18)22-21-23-8-2-4-10(14)12(6-8)16(19)20/h1-6H. The van der Waals surface area contributed by atoms with Crippen LogP contribution in [0.25, 0.3) is 0 Å². The first kappa shape index (κ1) is 17.8. The van der Waals surface area contributed by atoms with Crippen LogP contribution in [0.1, 0.15) is 0 Å². The second kappa shape index (κ2) is 7.84. The van der Waals surface area contributed by atoms with Crippen molar-refractivity contribution in [1.82, 2.24) is 0 Å². The molecular weight excluding hydrogens is 387 g/mol. The number of nitro benzene ring substituents is 2. The Morgan fingerprint density at radius 3 is 1.57 bits per heavy atom. The Hall–Kier alpha value is -1.52. The molecule has 0 saturated carbocycles. The quantitative estimate of drug-likeness (QED) is 0.361. The van der Waals surface area contributed by atoms with E-state index in [2.05, 4.69) is 0 Å². The molecule has 0 saturated heterocycles. The van der Waals surface area contributed by atoms with E-state index in [9.17, 15) is 20.2 Å². The van der Waals surface area contributed by atoms with Gasteiger partial charge in [0.05, 0.1) is 9.85 Å². The topological polar surface area (TPSA) is 95.5 Å². The van der Waals surface area contributed by atoms with Gasteiger partial charge in [-0.25, -0.2) is 3.63 Å². The van der Waals surface area contributed by atoms with Crippen LogP contribution in [0.2, 0.25) is 10.0 Å². The highest BCUT2D eigenvalue weighted by molar-refractivity contribution is 8.07. The molecule has 2 rings (SSSR count). The molecule has 0 spiro atoms. The van der Waals surface area contributed by atoms with Crippen LogP contribution in [-0.4, -0.2) is 9.85 Å². The highest BCUT2D eigenvalue weighted by Gasteiger charge is 2.15. The Morgan fingerprint density at radius 2 is 1.22 bits per heavy atom. The summed E-state index contributed by atoms with van der Waals surface area (Å²) in [6.07, 6.45) is 0. The smallest absolute Gasteiger partial charge is 0.258 e. The van der Waals surface area contributed by atoms with Crippen molar-refractivity contribution in [2.75, 3.05) is 0 Å². The van der Waals surface area contributed by atoms with Gasteiger partial charge in [0, 0.05) is 46.0 Å². The van der Waals surface area contributed by atoms with Gasteiger partial charge in [-0.05, 0) is 24.3 Å². The van der Waals surface area contributed by atoms with Gasteiger partial charge in [0.25, 0.3) is 11.4 Å². The maximum absolute atomic E-state index is 10.8. The Labute approximate surface area is 148 Å². The Kier molecular flexibility index (Phi) is 6.08. The lowest BCUT2D eigenvalue weighted by molar-refractivity contribution is -0.385. The number of nitro groups is 2. The van der Waals surface area contributed by atoms with Crippen LogP contribution in [0.5, 0.6) is 0 Å². The fraction of sp³-hybridized carbons (Fsp3) is 0. The van der Waals surface area contributed by atoms with E-state index in [0.29, 0.717) is 9.79 Å². The number of rotatable bonds is 6. The number of nitrogens with zero attached hydrogens (tertiary/aromatic N) is 2. The molecule has 2 aromatic carbocycles. The summed E-state index contributed by atoms with van der Waals surface area (Å²) in [7, 11) is 0. The lowest BCUT2D eigenvalue weighted by Gasteiger charge is -2.03. The summed E-state index contributed by atoms with van der Waals surface area (Å²) in [6, 6.07) is 8.46. The van der Waals surface area contributed by atoms with E-state index in [1.165, 1.54) is 24.3 Å². The third-order valence-corrected chi connectivity index (χ3v) is 4.57. The summed E-state index contributed by atoms with van der Waals surface area (Å²) in [6.45, 7) is 0. The van der Waals surface area contributed by atoms with Gasteiger partial charge < -0.3 is 0 Å². The van der Waals surface area contributed by atoms with E-state index in [-0.39, 0.29) is 21.4 Å². The molecule has 0 radical (unpaired) electrons. The van der Waals surface area contributed by atoms with Gasteiger partial charge in [-0.2, -0.15) is 0 Å². The molecule has 11 heteroatoms. The molecule has 120 valence electrons. The van der Waals surface area contributed by atoms with E-state index in [4.69, 9.17) is 26.8 Å². The highest BCUT2D eigenvalue weighted by Crippen LogP contribution is 2.36. The lowest BCUT2D eigenvalue weighted by Crippen LogP contribution is -1.89. The van der Waals surface area contributed by atoms with Crippen LogP contribution in [0.3, 0.4) is 0 Å². The van der Waals surface area contributed by atoms with Crippen LogP contribution in [0.4, 0.5) is 11.4 Å². The normalized spacial score (nSPS) is 10.5. The summed E-state index contributed by atoms with van der Waals surface area (Å²) >= 11 is 13.2. The summed E-state index contributed by atoms with van der Waals surface area (Å²) in [5.74, 6) is 0. The third-order valence-electron chi connectivity index (χ3n) is 2.49. The first-order chi connectivity index (χ1) is 10.9. The van der Waals surface area contributed by atoms with Crippen molar-refractivity contribution in [3.8, 4) is 0 Å². The van der Waals surface area contributed by atoms with Crippen LogP contribution < -0.4 is 0 Å². The number of benzene rings is 2. The predicted octanol–water partition coefficient (Wildman–Crippen LogP) is 5.54. The van der Waals surface area contributed by atoms with Gasteiger partial charge in [-0.1, -0.05) is 23.2 Å². The van der Waals surface area contributed by atoms with E-state index in [0.717, 1.165) is 24.1 Å². The monoisotopic (exact) mass is 392 g/mol. The van der Waals surface area contributed by atoms with Crippen molar-refractivity contribution in [2.24, 2.45) is 0 Å². The lowest BCUT2D eigenvalue weighted by atomic mass is 10.3. The molecule has 7 nitrogen and oxygen atoms in total. The third kappa shape index (κ3) is 4.72. The van der Waals surface area contributed by atoms with Crippen LogP contribution >= 0.6 is 47.3 Å². The van der Waals surface area contributed by atoms with Gasteiger partial charge in [0.15, 0.2) is 0 Å². The van der Waals surface area contributed by atoms with E-state index in [1.807, 2.05) is 0 Å². The zero-order chi connectivity index (χ0) is 17.0. The minimum Gasteiger partial charge on any atom is -0.258 e. The maximum atomic E-state index is 10.8. The first-order valence-corrected chi connectivity index (χ1v) is 8.01. The maximum Gasteiger partial charge on any atom is 0.289 e. The van der Waals surface area contributed by atoms with Gasteiger partial charge in [-0.15, -0.1) is 0 Å². The molecule has 0 aliphatic carbocycles. The molecule has 0 N–H and O–H groups in total. The van der Waals surface area contributed by atoms with Crippen molar-refractivity contribution in [1.29, 1.82) is 0 Å². The molecular formula is C12H6Cl2N2O5S2. The minimum absolute atomic E-state index is 0.0281. The number of halogens is 2. The average Bonchev–Trinajstić information content (AvgIpc) is 2.50. The highest BCUT2D eigenvalue weighted by atomic mass is 35.5. The summed E-state index contributed by atoms with van der Waals surface area (Å²) in [5.41, 5.74) is -0.459. The molecule has 2 aromatic rings. The second-order valence-corrected chi connectivity index (χ2v) is 6.61. The number of hydrogen-bond acceptors (Lipinski definition) is 7. The van der Waals surface area contributed by atoms with E-state index < -0.39 is 9.85 Å². The molecule has 0 atom stereocenters. The molecule has 0 fully saturated rings. The van der Waals surface area contributed by atoms with Crippen molar-refractivity contribution in [3.63, 3.8) is 0 Å². The van der Waals surface area contributed by atoms with Gasteiger partial charge in [0.1, 0.15) is 10.0 Å². The van der Waals surface area contributed by atoms with Crippen molar-refractivity contribution in [2.45, 2.75) is 9.79 Å². The average molecular weight is 393 g/mol. The number of hydrogen-bond donors (Lipinski definition) is 0. The summed E-state index contributed by atoms with van der Waals surface area (Å²) in [4.78, 5) is 21.3. The van der Waals surface area contributed by atoms with Crippen molar-refractivity contribution >= 4 is 58.7 Å². The largest absolute Gasteiger partial charge is 0.289 e. The summed E-state index contributed by atoms with van der Waals surface area (Å²) < 4.78 is 5.26. The van der Waals surface area contributed by atoms with Crippen LogP contribution in [0, 0.1) is 20.2 Å².